The van der Waals surface area contributed by atoms with Crippen molar-refractivity contribution in [1.82, 2.24) is 15.5 Å². The number of imide groups is 1. The molecule has 0 radical (unpaired) electrons. The predicted octanol–water partition coefficient (Wildman–Crippen LogP) is 3.69. The van der Waals surface area contributed by atoms with Gasteiger partial charge in [-0.15, -0.1) is 0 Å². The van der Waals surface area contributed by atoms with Gasteiger partial charge in [0.1, 0.15) is 11.6 Å². The van der Waals surface area contributed by atoms with Gasteiger partial charge in [-0.05, 0) is 43.7 Å². The molecule has 1 spiro atoms. The molecule has 1 aromatic carbocycles. The third-order valence-corrected chi connectivity index (χ3v) is 7.04. The fourth-order valence-corrected chi connectivity index (χ4v) is 5.17. The summed E-state index contributed by atoms with van der Waals surface area (Å²) in [6.07, 6.45) is 4.19. The normalized spacial score (nSPS) is 27.7. The molecule has 2 N–H and O–H groups in total. The Kier molecular flexibility index (Phi) is 5.46. The maximum Gasteiger partial charge on any atom is 0.324 e. The van der Waals surface area contributed by atoms with Gasteiger partial charge in [-0.1, -0.05) is 24.4 Å². The lowest BCUT2D eigenvalue weighted by Crippen LogP contribution is -2.67. The number of hydrogen-bond donors (Lipinski definition) is 2. The second kappa shape index (κ2) is 7.80. The summed E-state index contributed by atoms with van der Waals surface area (Å²) in [7, 11) is 1.41. The van der Waals surface area contributed by atoms with Crippen LogP contribution in [-0.2, 0) is 9.59 Å². The smallest absolute Gasteiger partial charge is 0.324 e. The molecule has 0 aromatic heterocycles. The Labute approximate surface area is 178 Å². The maximum atomic E-state index is 14.7. The average Bonchev–Trinajstić information content (AvgIpc) is 3.20. The molecule has 3 fully saturated rings. The van der Waals surface area contributed by atoms with E-state index in [1.54, 1.807) is 0 Å². The van der Waals surface area contributed by atoms with E-state index in [2.05, 4.69) is 10.6 Å². The summed E-state index contributed by atoms with van der Waals surface area (Å²) in [6.45, 7) is 0. The fourth-order valence-electron chi connectivity index (χ4n) is 5.01. The van der Waals surface area contributed by atoms with Gasteiger partial charge in [0, 0.05) is 18.5 Å². The minimum absolute atomic E-state index is 0.0740. The van der Waals surface area contributed by atoms with Crippen LogP contribution in [0.15, 0.2) is 12.1 Å². The molecule has 0 unspecified atom stereocenters. The molecule has 30 heavy (non-hydrogen) atoms. The first-order valence-electron chi connectivity index (χ1n) is 10.2. The Morgan fingerprint density at radius 2 is 1.93 bits per heavy atom. The number of carbonyl (C=O) groups is 3. The predicted molar refractivity (Wildman–Crippen MR) is 106 cm³/mol. The number of rotatable bonds is 4. The van der Waals surface area contributed by atoms with Crippen LogP contribution in [0.4, 0.5) is 13.6 Å². The molecule has 1 aromatic rings. The highest BCUT2D eigenvalue weighted by Gasteiger charge is 2.53. The summed E-state index contributed by atoms with van der Waals surface area (Å²) < 4.78 is 29.3. The number of nitrogens with one attached hydrogen (secondary N) is 2. The zero-order chi connectivity index (χ0) is 21.6. The zero-order valence-corrected chi connectivity index (χ0v) is 17.4. The van der Waals surface area contributed by atoms with Crippen molar-refractivity contribution in [1.29, 1.82) is 0 Å². The lowest BCUT2D eigenvalue weighted by Gasteiger charge is -2.50. The van der Waals surface area contributed by atoms with E-state index < -0.39 is 35.2 Å². The van der Waals surface area contributed by atoms with E-state index in [4.69, 9.17) is 11.6 Å². The van der Waals surface area contributed by atoms with Crippen molar-refractivity contribution in [2.24, 2.45) is 11.8 Å². The quantitative estimate of drug-likeness (QED) is 0.702. The molecular weight excluding hydrogens is 416 g/mol. The maximum absolute atomic E-state index is 14.7. The molecule has 0 bridgehead atoms. The van der Waals surface area contributed by atoms with Crippen LogP contribution in [0.3, 0.4) is 0 Å². The summed E-state index contributed by atoms with van der Waals surface area (Å²) in [5.74, 6) is -2.69. The lowest BCUT2D eigenvalue weighted by atomic mass is 9.65. The Morgan fingerprint density at radius 1 is 1.27 bits per heavy atom. The molecule has 4 amide bonds. The van der Waals surface area contributed by atoms with Crippen LogP contribution < -0.4 is 10.6 Å². The lowest BCUT2D eigenvalue weighted by molar-refractivity contribution is -0.139. The van der Waals surface area contributed by atoms with Crippen molar-refractivity contribution in [3.63, 3.8) is 0 Å². The van der Waals surface area contributed by atoms with Crippen molar-refractivity contribution < 1.29 is 23.2 Å². The van der Waals surface area contributed by atoms with Crippen LogP contribution in [0.5, 0.6) is 0 Å². The van der Waals surface area contributed by atoms with Crippen molar-refractivity contribution in [3.8, 4) is 0 Å². The summed E-state index contributed by atoms with van der Waals surface area (Å²) in [6, 6.07) is 1.01. The molecule has 1 saturated heterocycles. The summed E-state index contributed by atoms with van der Waals surface area (Å²) in [4.78, 5) is 37.9. The van der Waals surface area contributed by atoms with E-state index in [1.807, 2.05) is 0 Å². The van der Waals surface area contributed by atoms with Crippen LogP contribution in [0, 0.1) is 23.5 Å². The molecule has 1 heterocycles. The van der Waals surface area contributed by atoms with E-state index in [0.29, 0.717) is 12.8 Å². The Morgan fingerprint density at radius 3 is 2.57 bits per heavy atom. The molecule has 162 valence electrons. The van der Waals surface area contributed by atoms with Crippen molar-refractivity contribution in [2.75, 3.05) is 7.05 Å². The van der Waals surface area contributed by atoms with Gasteiger partial charge in [0.25, 0.3) is 0 Å². The van der Waals surface area contributed by atoms with Crippen LogP contribution in [0.25, 0.3) is 0 Å². The number of amides is 4. The van der Waals surface area contributed by atoms with Gasteiger partial charge >= 0.3 is 6.03 Å². The number of carbonyl (C=O) groups excluding carboxylic acids is 3. The largest absolute Gasteiger partial charge is 0.349 e. The Hall–Kier alpha value is -2.22. The second-order valence-corrected chi connectivity index (χ2v) is 9.14. The van der Waals surface area contributed by atoms with Crippen molar-refractivity contribution in [2.45, 2.75) is 56.5 Å². The number of hydrogen-bond acceptors (Lipinski definition) is 3. The minimum atomic E-state index is -0.841. The third kappa shape index (κ3) is 3.66. The van der Waals surface area contributed by atoms with E-state index in [9.17, 15) is 23.2 Å². The minimum Gasteiger partial charge on any atom is -0.349 e. The van der Waals surface area contributed by atoms with Crippen molar-refractivity contribution >= 4 is 29.4 Å². The SMILES string of the molecule is CN1C(=O)CC2(CC(C(=O)N[C@H](c3c(F)ccc(Cl)c3F)C3CCCC3)C2)NC1=O. The van der Waals surface area contributed by atoms with Gasteiger partial charge in [0.05, 0.1) is 23.0 Å². The highest BCUT2D eigenvalue weighted by molar-refractivity contribution is 6.30. The summed E-state index contributed by atoms with van der Waals surface area (Å²) >= 11 is 5.88. The molecule has 1 atom stereocenters. The third-order valence-electron chi connectivity index (χ3n) is 6.74. The average molecular weight is 440 g/mol. The first-order valence-corrected chi connectivity index (χ1v) is 10.6. The second-order valence-electron chi connectivity index (χ2n) is 8.73. The highest BCUT2D eigenvalue weighted by Crippen LogP contribution is 2.44. The van der Waals surface area contributed by atoms with Gasteiger partial charge in [-0.2, -0.15) is 0 Å². The number of benzene rings is 1. The van der Waals surface area contributed by atoms with E-state index in [1.165, 1.54) is 13.1 Å². The molecule has 3 aliphatic rings. The monoisotopic (exact) mass is 439 g/mol. The fraction of sp³-hybridized carbons (Fsp3) is 0.571. The number of halogens is 3. The standard InChI is InChI=1S/C21H24ClF2N3O3/c1-27-15(28)10-21(26-20(27)30)8-12(9-21)19(29)25-18(11-4-2-3-5-11)16-14(23)7-6-13(22)17(16)24/h6-7,11-12,18H,2-5,8-10H2,1H3,(H,25,29)(H,26,30)/t12?,18-,21?/m0/s1. The van der Waals surface area contributed by atoms with Gasteiger partial charge in [-0.25, -0.2) is 13.6 Å². The number of nitrogens with zero attached hydrogens (tertiary/aromatic N) is 1. The van der Waals surface area contributed by atoms with Crippen molar-refractivity contribution in [3.05, 3.63) is 34.4 Å². The highest BCUT2D eigenvalue weighted by atomic mass is 35.5. The Balaban J connectivity index is 1.50. The first kappa shape index (κ1) is 21.0. The first-order chi connectivity index (χ1) is 14.2. The van der Waals surface area contributed by atoms with E-state index in [0.717, 1.165) is 36.6 Å². The van der Waals surface area contributed by atoms with Gasteiger partial charge in [0.15, 0.2) is 0 Å². The molecule has 2 aliphatic carbocycles. The topological polar surface area (TPSA) is 78.5 Å². The Bertz CT molecular complexity index is 878. The molecule has 4 rings (SSSR count). The van der Waals surface area contributed by atoms with Crippen LogP contribution in [0.1, 0.15) is 56.6 Å². The molecule has 1 aliphatic heterocycles. The van der Waals surface area contributed by atoms with Crippen LogP contribution >= 0.6 is 11.6 Å². The van der Waals surface area contributed by atoms with Crippen LogP contribution in [-0.4, -0.2) is 35.3 Å². The molecule has 2 saturated carbocycles. The van der Waals surface area contributed by atoms with Gasteiger partial charge in [-0.3, -0.25) is 14.5 Å². The summed E-state index contributed by atoms with van der Waals surface area (Å²) in [5.41, 5.74) is -0.905. The molecule has 6 nitrogen and oxygen atoms in total. The zero-order valence-electron chi connectivity index (χ0n) is 16.6. The molecule has 9 heteroatoms. The number of urea groups is 1. The van der Waals surface area contributed by atoms with E-state index in [-0.39, 0.29) is 34.7 Å². The van der Waals surface area contributed by atoms with E-state index >= 15 is 0 Å². The summed E-state index contributed by atoms with van der Waals surface area (Å²) in [5, 5.41) is 5.48. The van der Waals surface area contributed by atoms with Crippen LogP contribution in [0.2, 0.25) is 5.02 Å². The van der Waals surface area contributed by atoms with Gasteiger partial charge < -0.3 is 10.6 Å². The van der Waals surface area contributed by atoms with Gasteiger partial charge in [0.2, 0.25) is 11.8 Å². The molecular formula is C21H24ClF2N3O3.